The number of benzene rings is 2. The van der Waals surface area contributed by atoms with Gasteiger partial charge in [-0.25, -0.2) is 0 Å². The van der Waals surface area contributed by atoms with Crippen molar-refractivity contribution in [2.24, 2.45) is 0 Å². The van der Waals surface area contributed by atoms with Gasteiger partial charge in [-0.3, -0.25) is 10.1 Å². The van der Waals surface area contributed by atoms with Crippen LogP contribution in [0.3, 0.4) is 0 Å². The zero-order chi connectivity index (χ0) is 14.0. The molecule has 0 aliphatic carbocycles. The number of para-hydroxylation sites is 1. The second-order valence-corrected chi connectivity index (χ2v) is 5.18. The van der Waals surface area contributed by atoms with Gasteiger partial charge in [-0.05, 0) is 42.8 Å². The lowest BCUT2D eigenvalue weighted by molar-refractivity contribution is -0.385. The Morgan fingerprint density at radius 1 is 1.26 bits per heavy atom. The Kier molecular flexibility index (Phi) is 4.07. The van der Waals surface area contributed by atoms with Gasteiger partial charge in [0, 0.05) is 4.47 Å². The molecule has 0 aliphatic rings. The molecule has 0 spiro atoms. The number of nitro benzene ring substituents is 1. The van der Waals surface area contributed by atoms with E-state index in [0.717, 1.165) is 10.0 Å². The molecule has 0 aromatic heterocycles. The summed E-state index contributed by atoms with van der Waals surface area (Å²) in [5.41, 5.74) is 0.634. The molecule has 0 bridgehead atoms. The maximum atomic E-state index is 11.0. The second kappa shape index (κ2) is 5.59. The summed E-state index contributed by atoms with van der Waals surface area (Å²) in [6.07, 6.45) is 0. The molecule has 0 amide bonds. The van der Waals surface area contributed by atoms with Crippen molar-refractivity contribution < 1.29 is 9.66 Å². The summed E-state index contributed by atoms with van der Waals surface area (Å²) in [4.78, 5) is 10.5. The standard InChI is InChI=1S/C13H9BrClNO3/c1-8-7-9(14)5-6-11(8)19-12-4-2-3-10(15)13(12)16(17)18/h2-7H,1H3. The van der Waals surface area contributed by atoms with Crippen molar-refractivity contribution in [3.8, 4) is 11.5 Å². The summed E-state index contributed by atoms with van der Waals surface area (Å²) >= 11 is 9.17. The molecule has 0 fully saturated rings. The molecular weight excluding hydrogens is 334 g/mol. The summed E-state index contributed by atoms with van der Waals surface area (Å²) in [6, 6.07) is 10.00. The third kappa shape index (κ3) is 3.05. The van der Waals surface area contributed by atoms with Crippen LogP contribution in [0.1, 0.15) is 5.56 Å². The van der Waals surface area contributed by atoms with Crippen LogP contribution in [0.2, 0.25) is 5.02 Å². The number of hydrogen-bond donors (Lipinski definition) is 0. The van der Waals surface area contributed by atoms with Crippen molar-refractivity contribution >= 4 is 33.2 Å². The van der Waals surface area contributed by atoms with E-state index >= 15 is 0 Å². The van der Waals surface area contributed by atoms with Crippen molar-refractivity contribution in [2.75, 3.05) is 0 Å². The number of halogens is 2. The minimum absolute atomic E-state index is 0.0530. The van der Waals surface area contributed by atoms with Crippen LogP contribution in [0, 0.1) is 17.0 Å². The highest BCUT2D eigenvalue weighted by atomic mass is 79.9. The lowest BCUT2D eigenvalue weighted by Gasteiger charge is -2.09. The van der Waals surface area contributed by atoms with Crippen molar-refractivity contribution in [2.45, 2.75) is 6.92 Å². The summed E-state index contributed by atoms with van der Waals surface area (Å²) < 4.78 is 6.51. The Bertz CT molecular complexity index is 646. The van der Waals surface area contributed by atoms with Crippen LogP contribution in [-0.2, 0) is 0 Å². The van der Waals surface area contributed by atoms with Gasteiger partial charge < -0.3 is 4.74 Å². The maximum absolute atomic E-state index is 11.0. The Labute approximate surface area is 123 Å². The Hall–Kier alpha value is -1.59. The van der Waals surface area contributed by atoms with E-state index in [1.807, 2.05) is 13.0 Å². The molecule has 0 aliphatic heterocycles. The van der Waals surface area contributed by atoms with Crippen LogP contribution in [0.25, 0.3) is 0 Å². The van der Waals surface area contributed by atoms with Gasteiger partial charge in [-0.1, -0.05) is 33.6 Å². The number of hydrogen-bond acceptors (Lipinski definition) is 3. The summed E-state index contributed by atoms with van der Waals surface area (Å²) in [6.45, 7) is 1.86. The number of aryl methyl sites for hydroxylation is 1. The van der Waals surface area contributed by atoms with Crippen molar-refractivity contribution in [3.05, 3.63) is 61.6 Å². The molecule has 0 radical (unpaired) electrons. The first-order valence-electron chi connectivity index (χ1n) is 5.36. The third-order valence-corrected chi connectivity index (χ3v) is 3.29. The highest BCUT2D eigenvalue weighted by Crippen LogP contribution is 2.38. The van der Waals surface area contributed by atoms with E-state index in [0.29, 0.717) is 5.75 Å². The van der Waals surface area contributed by atoms with Crippen LogP contribution >= 0.6 is 27.5 Å². The molecule has 0 saturated carbocycles. The van der Waals surface area contributed by atoms with Crippen LogP contribution in [0.5, 0.6) is 11.5 Å². The molecule has 0 atom stereocenters. The normalized spacial score (nSPS) is 10.3. The van der Waals surface area contributed by atoms with Gasteiger partial charge in [-0.15, -0.1) is 0 Å². The van der Waals surface area contributed by atoms with E-state index < -0.39 is 4.92 Å². The fraction of sp³-hybridized carbons (Fsp3) is 0.0769. The number of ether oxygens (including phenoxy) is 1. The molecule has 4 nitrogen and oxygen atoms in total. The van der Waals surface area contributed by atoms with E-state index in [-0.39, 0.29) is 16.5 Å². The van der Waals surface area contributed by atoms with Crippen LogP contribution in [0.4, 0.5) is 5.69 Å². The Morgan fingerprint density at radius 2 is 2.00 bits per heavy atom. The van der Waals surface area contributed by atoms with Crippen LogP contribution < -0.4 is 4.74 Å². The highest BCUT2D eigenvalue weighted by molar-refractivity contribution is 9.10. The number of nitro groups is 1. The van der Waals surface area contributed by atoms with Crippen molar-refractivity contribution in [3.63, 3.8) is 0 Å². The molecule has 0 heterocycles. The molecule has 6 heteroatoms. The minimum atomic E-state index is -0.550. The van der Waals surface area contributed by atoms with Gasteiger partial charge in [-0.2, -0.15) is 0 Å². The lowest BCUT2D eigenvalue weighted by atomic mass is 10.2. The summed E-state index contributed by atoms with van der Waals surface area (Å²) in [5, 5.41) is 11.1. The third-order valence-electron chi connectivity index (χ3n) is 2.49. The quantitative estimate of drug-likeness (QED) is 0.575. The second-order valence-electron chi connectivity index (χ2n) is 3.86. The molecule has 2 rings (SSSR count). The van der Waals surface area contributed by atoms with E-state index in [4.69, 9.17) is 16.3 Å². The SMILES string of the molecule is Cc1cc(Br)ccc1Oc1cccc(Cl)c1[N+](=O)[O-]. The van der Waals surface area contributed by atoms with Crippen LogP contribution in [0.15, 0.2) is 40.9 Å². The molecule has 0 saturated heterocycles. The van der Waals surface area contributed by atoms with E-state index in [1.54, 1.807) is 18.2 Å². The lowest BCUT2D eigenvalue weighted by Crippen LogP contribution is -1.95. The zero-order valence-corrected chi connectivity index (χ0v) is 12.2. The summed E-state index contributed by atoms with van der Waals surface area (Å²) in [7, 11) is 0. The molecule has 0 N–H and O–H groups in total. The number of nitrogens with zero attached hydrogens (tertiary/aromatic N) is 1. The number of rotatable bonds is 3. The Balaban J connectivity index is 2.44. The first-order valence-corrected chi connectivity index (χ1v) is 6.53. The predicted molar refractivity (Wildman–Crippen MR) is 77.1 cm³/mol. The fourth-order valence-corrected chi connectivity index (χ4v) is 2.31. The fourth-order valence-electron chi connectivity index (χ4n) is 1.60. The van der Waals surface area contributed by atoms with E-state index in [1.165, 1.54) is 12.1 Å². The summed E-state index contributed by atoms with van der Waals surface area (Å²) in [5.74, 6) is 0.677. The van der Waals surface area contributed by atoms with Crippen LogP contribution in [-0.4, -0.2) is 4.92 Å². The van der Waals surface area contributed by atoms with Crippen molar-refractivity contribution in [1.29, 1.82) is 0 Å². The van der Waals surface area contributed by atoms with Gasteiger partial charge in [0.15, 0.2) is 0 Å². The van der Waals surface area contributed by atoms with Gasteiger partial charge in [0.05, 0.1) is 4.92 Å². The largest absolute Gasteiger partial charge is 0.450 e. The van der Waals surface area contributed by atoms with E-state index in [9.17, 15) is 10.1 Å². The average molecular weight is 343 g/mol. The molecule has 2 aromatic rings. The minimum Gasteiger partial charge on any atom is -0.450 e. The van der Waals surface area contributed by atoms with Gasteiger partial charge in [0.25, 0.3) is 0 Å². The average Bonchev–Trinajstić information content (AvgIpc) is 2.32. The Morgan fingerprint density at radius 3 is 2.63 bits per heavy atom. The van der Waals surface area contributed by atoms with Crippen molar-refractivity contribution in [1.82, 2.24) is 0 Å². The monoisotopic (exact) mass is 341 g/mol. The topological polar surface area (TPSA) is 52.4 Å². The van der Waals surface area contributed by atoms with Gasteiger partial charge in [0.2, 0.25) is 5.75 Å². The zero-order valence-electron chi connectivity index (χ0n) is 9.89. The first-order chi connectivity index (χ1) is 8.99. The van der Waals surface area contributed by atoms with E-state index in [2.05, 4.69) is 15.9 Å². The first kappa shape index (κ1) is 13.8. The molecule has 19 heavy (non-hydrogen) atoms. The molecular formula is C13H9BrClNO3. The molecule has 98 valence electrons. The smallest absolute Gasteiger partial charge is 0.329 e. The van der Waals surface area contributed by atoms with Gasteiger partial charge >= 0.3 is 5.69 Å². The van der Waals surface area contributed by atoms with Gasteiger partial charge in [0.1, 0.15) is 10.8 Å². The molecule has 0 unspecified atom stereocenters. The maximum Gasteiger partial charge on any atom is 0.329 e. The predicted octanol–water partition coefficient (Wildman–Crippen LogP) is 5.11. The molecule has 2 aromatic carbocycles. The highest BCUT2D eigenvalue weighted by Gasteiger charge is 2.20.